The van der Waals surface area contributed by atoms with E-state index in [9.17, 15) is 0 Å². The Morgan fingerprint density at radius 1 is 1.06 bits per heavy atom. The number of nitrogens with one attached hydrogen (secondary N) is 1. The minimum absolute atomic E-state index is 0.461. The topological polar surface area (TPSA) is 37.8 Å². The molecular formula is C14H25N3. The van der Waals surface area contributed by atoms with E-state index in [-0.39, 0.29) is 0 Å². The van der Waals surface area contributed by atoms with E-state index in [2.05, 4.69) is 56.8 Å². The van der Waals surface area contributed by atoms with Crippen LogP contribution in [0.25, 0.3) is 0 Å². The van der Waals surface area contributed by atoms with E-state index in [4.69, 9.17) is 0 Å². The smallest absolute Gasteiger partial charge is 0.128 e. The van der Waals surface area contributed by atoms with Crippen molar-refractivity contribution >= 4 is 0 Å². The second-order valence-electron chi connectivity index (χ2n) is 5.04. The van der Waals surface area contributed by atoms with E-state index < -0.39 is 0 Å². The van der Waals surface area contributed by atoms with Crippen molar-refractivity contribution in [2.45, 2.75) is 59.9 Å². The number of nitrogens with zero attached hydrogens (tertiary/aromatic N) is 2. The molecule has 1 rings (SSSR count). The molecule has 0 bridgehead atoms. The third kappa shape index (κ3) is 3.77. The van der Waals surface area contributed by atoms with Gasteiger partial charge >= 0.3 is 0 Å². The molecule has 1 heterocycles. The first-order valence-electron chi connectivity index (χ1n) is 6.53. The van der Waals surface area contributed by atoms with E-state index in [1.54, 1.807) is 0 Å². The van der Waals surface area contributed by atoms with Crippen LogP contribution in [0.15, 0.2) is 0 Å². The lowest BCUT2D eigenvalue weighted by atomic mass is 9.97. The first-order chi connectivity index (χ1) is 7.95. The van der Waals surface area contributed by atoms with Gasteiger partial charge in [0.1, 0.15) is 5.82 Å². The lowest BCUT2D eigenvalue weighted by Gasteiger charge is -2.19. The minimum Gasteiger partial charge on any atom is -0.314 e. The van der Waals surface area contributed by atoms with Crippen LogP contribution >= 0.6 is 0 Å². The highest BCUT2D eigenvalue weighted by Gasteiger charge is 2.14. The van der Waals surface area contributed by atoms with Crippen molar-refractivity contribution in [1.29, 1.82) is 0 Å². The Kier molecular flexibility index (Phi) is 5.06. The summed E-state index contributed by atoms with van der Waals surface area (Å²) in [6.45, 7) is 13.8. The molecule has 0 radical (unpaired) electrons. The quantitative estimate of drug-likeness (QED) is 0.852. The summed E-state index contributed by atoms with van der Waals surface area (Å²) in [5, 5.41) is 3.47. The van der Waals surface area contributed by atoms with Crippen LogP contribution in [0.5, 0.6) is 0 Å². The molecule has 1 N–H and O–H groups in total. The van der Waals surface area contributed by atoms with Gasteiger partial charge in [0.25, 0.3) is 0 Å². The second-order valence-corrected chi connectivity index (χ2v) is 5.04. The van der Waals surface area contributed by atoms with Gasteiger partial charge in [0.15, 0.2) is 0 Å². The van der Waals surface area contributed by atoms with Crippen molar-refractivity contribution in [2.24, 2.45) is 0 Å². The molecule has 0 saturated carbocycles. The van der Waals surface area contributed by atoms with Gasteiger partial charge < -0.3 is 5.32 Å². The summed E-state index contributed by atoms with van der Waals surface area (Å²) in [5.41, 5.74) is 3.56. The summed E-state index contributed by atoms with van der Waals surface area (Å²) in [6, 6.07) is 0.522. The van der Waals surface area contributed by atoms with Gasteiger partial charge in [-0.3, -0.25) is 0 Å². The van der Waals surface area contributed by atoms with Crippen LogP contribution in [0.3, 0.4) is 0 Å². The monoisotopic (exact) mass is 235 g/mol. The molecule has 1 aromatic rings. The summed E-state index contributed by atoms with van der Waals surface area (Å²) in [5.74, 6) is 1.41. The molecule has 0 spiro atoms. The maximum Gasteiger partial charge on any atom is 0.128 e. The summed E-state index contributed by atoms with van der Waals surface area (Å²) < 4.78 is 0. The Hall–Kier alpha value is -0.960. The van der Waals surface area contributed by atoms with Crippen LogP contribution in [0.4, 0.5) is 0 Å². The summed E-state index contributed by atoms with van der Waals surface area (Å²) >= 11 is 0. The molecule has 1 atom stereocenters. The lowest BCUT2D eigenvalue weighted by molar-refractivity contribution is 0.543. The van der Waals surface area contributed by atoms with E-state index >= 15 is 0 Å². The first-order valence-corrected chi connectivity index (χ1v) is 6.53. The second kappa shape index (κ2) is 6.10. The van der Waals surface area contributed by atoms with Crippen LogP contribution in [0, 0.1) is 13.8 Å². The van der Waals surface area contributed by atoms with Crippen molar-refractivity contribution in [1.82, 2.24) is 15.3 Å². The molecule has 0 aliphatic carbocycles. The standard InChI is InChI=1S/C14H25N3/c1-7-13-16-11(5)14(12(6)17-13)10(4)8-15-9(2)3/h9-10,15H,7-8H2,1-6H3. The Morgan fingerprint density at radius 3 is 2.00 bits per heavy atom. The highest BCUT2D eigenvalue weighted by atomic mass is 14.9. The summed E-state index contributed by atoms with van der Waals surface area (Å²) in [4.78, 5) is 9.12. The zero-order valence-electron chi connectivity index (χ0n) is 12.0. The maximum absolute atomic E-state index is 4.56. The molecule has 0 saturated heterocycles. The third-order valence-corrected chi connectivity index (χ3v) is 3.01. The summed E-state index contributed by atoms with van der Waals surface area (Å²) in [6.07, 6.45) is 0.903. The molecule has 0 fully saturated rings. The van der Waals surface area contributed by atoms with Gasteiger partial charge in [0.2, 0.25) is 0 Å². The molecule has 3 nitrogen and oxygen atoms in total. The molecule has 0 aliphatic rings. The molecule has 17 heavy (non-hydrogen) atoms. The van der Waals surface area contributed by atoms with Crippen molar-refractivity contribution in [3.8, 4) is 0 Å². The zero-order chi connectivity index (χ0) is 13.0. The molecule has 1 aromatic heterocycles. The maximum atomic E-state index is 4.56. The molecule has 0 aromatic carbocycles. The number of rotatable bonds is 5. The third-order valence-electron chi connectivity index (χ3n) is 3.01. The van der Waals surface area contributed by atoms with Crippen molar-refractivity contribution in [3.63, 3.8) is 0 Å². The van der Waals surface area contributed by atoms with Gasteiger partial charge in [0.05, 0.1) is 0 Å². The van der Waals surface area contributed by atoms with Crippen molar-refractivity contribution in [2.75, 3.05) is 6.54 Å². The average Bonchev–Trinajstić information content (AvgIpc) is 2.25. The zero-order valence-corrected chi connectivity index (χ0v) is 12.0. The number of aromatic nitrogens is 2. The van der Waals surface area contributed by atoms with E-state index in [1.165, 1.54) is 5.56 Å². The predicted octanol–water partition coefficient (Wildman–Crippen LogP) is 2.76. The Bertz CT molecular complexity index is 349. The van der Waals surface area contributed by atoms with Gasteiger partial charge in [-0.25, -0.2) is 9.97 Å². The molecule has 3 heteroatoms. The van der Waals surface area contributed by atoms with Gasteiger partial charge in [-0.1, -0.05) is 27.7 Å². The highest BCUT2D eigenvalue weighted by molar-refractivity contribution is 5.28. The number of hydrogen-bond acceptors (Lipinski definition) is 3. The van der Waals surface area contributed by atoms with Crippen LogP contribution in [0.2, 0.25) is 0 Å². The van der Waals surface area contributed by atoms with E-state index in [1.807, 2.05) is 0 Å². The fourth-order valence-corrected chi connectivity index (χ4v) is 2.18. The normalized spacial score (nSPS) is 13.1. The van der Waals surface area contributed by atoms with Crippen LogP contribution in [0.1, 0.15) is 56.4 Å². The van der Waals surface area contributed by atoms with Crippen molar-refractivity contribution in [3.05, 3.63) is 22.8 Å². The Morgan fingerprint density at radius 2 is 1.59 bits per heavy atom. The van der Waals surface area contributed by atoms with Gasteiger partial charge in [-0.05, 0) is 25.3 Å². The van der Waals surface area contributed by atoms with Gasteiger partial charge in [-0.15, -0.1) is 0 Å². The molecule has 96 valence electrons. The largest absolute Gasteiger partial charge is 0.314 e. The molecule has 1 unspecified atom stereocenters. The van der Waals surface area contributed by atoms with Gasteiger partial charge in [-0.2, -0.15) is 0 Å². The number of hydrogen-bond donors (Lipinski definition) is 1. The van der Waals surface area contributed by atoms with Gasteiger partial charge in [0, 0.05) is 30.4 Å². The van der Waals surface area contributed by atoms with Crippen LogP contribution < -0.4 is 5.32 Å². The first kappa shape index (κ1) is 14.1. The lowest BCUT2D eigenvalue weighted by Crippen LogP contribution is -2.28. The molecule has 0 amide bonds. The fourth-order valence-electron chi connectivity index (χ4n) is 2.18. The van der Waals surface area contributed by atoms with Crippen molar-refractivity contribution < 1.29 is 0 Å². The Labute approximate surface area is 105 Å². The van der Waals surface area contributed by atoms with Crippen LogP contribution in [-0.2, 0) is 6.42 Å². The molecular weight excluding hydrogens is 210 g/mol. The average molecular weight is 235 g/mol. The van der Waals surface area contributed by atoms with E-state index in [0.717, 1.165) is 30.2 Å². The number of aryl methyl sites for hydroxylation is 3. The SMILES string of the molecule is CCc1nc(C)c(C(C)CNC(C)C)c(C)n1. The summed E-state index contributed by atoms with van der Waals surface area (Å²) in [7, 11) is 0. The predicted molar refractivity (Wildman–Crippen MR) is 72.4 cm³/mol. The Balaban J connectivity index is 2.89. The van der Waals surface area contributed by atoms with Crippen LogP contribution in [-0.4, -0.2) is 22.6 Å². The fraction of sp³-hybridized carbons (Fsp3) is 0.714. The van der Waals surface area contributed by atoms with E-state index in [0.29, 0.717) is 12.0 Å². The highest BCUT2D eigenvalue weighted by Crippen LogP contribution is 2.21. The molecule has 0 aliphatic heterocycles. The minimum atomic E-state index is 0.461.